The van der Waals surface area contributed by atoms with E-state index in [0.717, 1.165) is 31.2 Å². The van der Waals surface area contributed by atoms with Crippen molar-refractivity contribution in [2.45, 2.75) is 32.7 Å². The summed E-state index contributed by atoms with van der Waals surface area (Å²) in [7, 11) is 1.70. The topological polar surface area (TPSA) is 32.7 Å². The fraction of sp³-hybridized carbons (Fsp3) is 0.647. The number of nitrogens with zero attached hydrogens (tertiary/aromatic N) is 1. The highest BCUT2D eigenvalue weighted by Gasteiger charge is 2.21. The van der Waals surface area contributed by atoms with Crippen molar-refractivity contribution in [3.63, 3.8) is 0 Å². The van der Waals surface area contributed by atoms with E-state index in [9.17, 15) is 5.11 Å². The third-order valence-electron chi connectivity index (χ3n) is 4.22. The van der Waals surface area contributed by atoms with Gasteiger partial charge >= 0.3 is 0 Å². The van der Waals surface area contributed by atoms with Crippen molar-refractivity contribution in [2.24, 2.45) is 11.8 Å². The first kappa shape index (κ1) is 15.3. The molecule has 0 bridgehead atoms. The minimum atomic E-state index is 0.314. The van der Waals surface area contributed by atoms with E-state index in [1.165, 1.54) is 24.9 Å². The third kappa shape index (κ3) is 4.50. The molecule has 3 nitrogen and oxygen atoms in total. The molecule has 0 amide bonds. The molecule has 1 N–H and O–H groups in total. The van der Waals surface area contributed by atoms with Gasteiger partial charge in [0, 0.05) is 19.7 Å². The molecule has 0 aliphatic carbocycles. The van der Waals surface area contributed by atoms with Crippen molar-refractivity contribution >= 4 is 0 Å². The number of methoxy groups -OCH3 is 1. The van der Waals surface area contributed by atoms with E-state index in [0.29, 0.717) is 12.5 Å². The fourth-order valence-electron chi connectivity index (χ4n) is 3.12. The summed E-state index contributed by atoms with van der Waals surface area (Å²) in [6.07, 6.45) is 3.73. The highest BCUT2D eigenvalue weighted by atomic mass is 16.5. The molecule has 1 aliphatic heterocycles. The molecule has 1 heterocycles. The SMILES string of the molecule is COc1ccc(CN2CCCC(CC(C)CO)C2)cc1. The lowest BCUT2D eigenvalue weighted by molar-refractivity contribution is 0.134. The molecule has 1 aromatic carbocycles. The lowest BCUT2D eigenvalue weighted by Gasteiger charge is -2.33. The second kappa shape index (κ2) is 7.65. The normalized spacial score (nSPS) is 21.6. The van der Waals surface area contributed by atoms with Crippen LogP contribution in [0.25, 0.3) is 0 Å². The Hall–Kier alpha value is -1.06. The van der Waals surface area contributed by atoms with Gasteiger partial charge < -0.3 is 9.84 Å². The molecule has 2 unspecified atom stereocenters. The van der Waals surface area contributed by atoms with Crippen molar-refractivity contribution in [3.8, 4) is 5.75 Å². The van der Waals surface area contributed by atoms with Crippen LogP contribution in [0.3, 0.4) is 0 Å². The second-order valence-corrected chi connectivity index (χ2v) is 6.11. The summed E-state index contributed by atoms with van der Waals surface area (Å²) >= 11 is 0. The van der Waals surface area contributed by atoms with Gasteiger partial charge in [-0.05, 0) is 55.3 Å². The Balaban J connectivity index is 1.85. The molecular formula is C17H27NO2. The maximum atomic E-state index is 9.19. The summed E-state index contributed by atoms with van der Waals surface area (Å²) in [5.74, 6) is 2.09. The van der Waals surface area contributed by atoms with Gasteiger partial charge in [0.1, 0.15) is 5.75 Å². The Morgan fingerprint density at radius 3 is 2.75 bits per heavy atom. The van der Waals surface area contributed by atoms with E-state index < -0.39 is 0 Å². The zero-order valence-electron chi connectivity index (χ0n) is 12.7. The first-order chi connectivity index (χ1) is 9.71. The lowest BCUT2D eigenvalue weighted by Crippen LogP contribution is -2.35. The highest BCUT2D eigenvalue weighted by Crippen LogP contribution is 2.24. The number of hydrogen-bond donors (Lipinski definition) is 1. The second-order valence-electron chi connectivity index (χ2n) is 6.11. The summed E-state index contributed by atoms with van der Waals surface area (Å²) < 4.78 is 5.20. The predicted molar refractivity (Wildman–Crippen MR) is 81.9 cm³/mol. The summed E-state index contributed by atoms with van der Waals surface area (Å²) in [6.45, 7) is 5.83. The number of rotatable bonds is 6. The first-order valence-corrected chi connectivity index (χ1v) is 7.67. The predicted octanol–water partition coefficient (Wildman–Crippen LogP) is 2.93. The van der Waals surface area contributed by atoms with Crippen LogP contribution in [0, 0.1) is 11.8 Å². The van der Waals surface area contributed by atoms with Crippen molar-refractivity contribution in [1.82, 2.24) is 4.90 Å². The van der Waals surface area contributed by atoms with Crippen LogP contribution in [-0.2, 0) is 6.54 Å². The molecule has 1 aromatic rings. The maximum Gasteiger partial charge on any atom is 0.118 e. The van der Waals surface area contributed by atoms with E-state index in [4.69, 9.17) is 4.74 Å². The maximum absolute atomic E-state index is 9.19. The largest absolute Gasteiger partial charge is 0.497 e. The average Bonchev–Trinajstić information content (AvgIpc) is 2.48. The van der Waals surface area contributed by atoms with Gasteiger partial charge in [0.25, 0.3) is 0 Å². The van der Waals surface area contributed by atoms with Gasteiger partial charge in [-0.1, -0.05) is 19.1 Å². The van der Waals surface area contributed by atoms with Crippen LogP contribution in [-0.4, -0.2) is 36.8 Å². The van der Waals surface area contributed by atoms with Crippen LogP contribution in [0.15, 0.2) is 24.3 Å². The van der Waals surface area contributed by atoms with Gasteiger partial charge in [0.2, 0.25) is 0 Å². The van der Waals surface area contributed by atoms with E-state index in [2.05, 4.69) is 24.0 Å². The molecule has 0 aromatic heterocycles. The van der Waals surface area contributed by atoms with Crippen LogP contribution in [0.4, 0.5) is 0 Å². The molecule has 3 heteroatoms. The van der Waals surface area contributed by atoms with E-state index in [1.54, 1.807) is 7.11 Å². The zero-order chi connectivity index (χ0) is 14.4. The van der Waals surface area contributed by atoms with Crippen molar-refractivity contribution in [1.29, 1.82) is 0 Å². The fourth-order valence-corrected chi connectivity index (χ4v) is 3.12. The van der Waals surface area contributed by atoms with E-state index in [1.807, 2.05) is 12.1 Å². The Kier molecular flexibility index (Phi) is 5.86. The number of ether oxygens (including phenoxy) is 1. The van der Waals surface area contributed by atoms with Crippen molar-refractivity contribution in [3.05, 3.63) is 29.8 Å². The minimum Gasteiger partial charge on any atom is -0.497 e. The molecular weight excluding hydrogens is 250 g/mol. The molecule has 112 valence electrons. The molecule has 0 radical (unpaired) electrons. The molecule has 20 heavy (non-hydrogen) atoms. The van der Waals surface area contributed by atoms with Gasteiger partial charge in [-0.15, -0.1) is 0 Å². The molecule has 0 spiro atoms. The van der Waals surface area contributed by atoms with Gasteiger partial charge in [0.15, 0.2) is 0 Å². The smallest absolute Gasteiger partial charge is 0.118 e. The van der Waals surface area contributed by atoms with Crippen LogP contribution < -0.4 is 4.74 Å². The molecule has 2 atom stereocenters. The summed E-state index contributed by atoms with van der Waals surface area (Å²) in [6, 6.07) is 8.37. The zero-order valence-corrected chi connectivity index (χ0v) is 12.7. The number of hydrogen-bond acceptors (Lipinski definition) is 3. The van der Waals surface area contributed by atoms with Crippen LogP contribution in [0.1, 0.15) is 31.7 Å². The van der Waals surface area contributed by atoms with Crippen LogP contribution in [0.5, 0.6) is 5.75 Å². The van der Waals surface area contributed by atoms with Gasteiger partial charge in [-0.2, -0.15) is 0 Å². The van der Waals surface area contributed by atoms with Crippen LogP contribution in [0.2, 0.25) is 0 Å². The summed E-state index contributed by atoms with van der Waals surface area (Å²) in [4.78, 5) is 2.54. The Morgan fingerprint density at radius 2 is 2.10 bits per heavy atom. The molecule has 1 fully saturated rings. The van der Waals surface area contributed by atoms with Gasteiger partial charge in [0.05, 0.1) is 7.11 Å². The summed E-state index contributed by atoms with van der Waals surface area (Å²) in [5, 5.41) is 9.19. The molecule has 1 aliphatic rings. The van der Waals surface area contributed by atoms with Gasteiger partial charge in [-0.25, -0.2) is 0 Å². The van der Waals surface area contributed by atoms with E-state index in [-0.39, 0.29) is 0 Å². The van der Waals surface area contributed by atoms with Crippen molar-refractivity contribution < 1.29 is 9.84 Å². The van der Waals surface area contributed by atoms with Crippen molar-refractivity contribution in [2.75, 3.05) is 26.8 Å². The first-order valence-electron chi connectivity index (χ1n) is 7.67. The summed E-state index contributed by atoms with van der Waals surface area (Å²) in [5.41, 5.74) is 1.35. The average molecular weight is 277 g/mol. The number of piperidine rings is 1. The quantitative estimate of drug-likeness (QED) is 0.868. The monoisotopic (exact) mass is 277 g/mol. The number of aliphatic hydroxyl groups excluding tert-OH is 1. The number of benzene rings is 1. The molecule has 2 rings (SSSR count). The standard InChI is InChI=1S/C17H27NO2/c1-14(13-19)10-16-4-3-9-18(12-16)11-15-5-7-17(20-2)8-6-15/h5-8,14,16,19H,3-4,9-13H2,1-2H3. The minimum absolute atomic E-state index is 0.314. The Morgan fingerprint density at radius 1 is 1.35 bits per heavy atom. The lowest BCUT2D eigenvalue weighted by atomic mass is 9.89. The van der Waals surface area contributed by atoms with E-state index >= 15 is 0 Å². The Labute approximate surface area is 122 Å². The highest BCUT2D eigenvalue weighted by molar-refractivity contribution is 5.27. The number of aliphatic hydroxyl groups is 1. The van der Waals surface area contributed by atoms with Gasteiger partial charge in [-0.3, -0.25) is 4.90 Å². The molecule has 0 saturated carbocycles. The number of likely N-dealkylation sites (tertiary alicyclic amines) is 1. The molecule has 1 saturated heterocycles. The van der Waals surface area contributed by atoms with Crippen LogP contribution >= 0.6 is 0 Å². The third-order valence-corrected chi connectivity index (χ3v) is 4.22. The Bertz CT molecular complexity index is 390.